The number of carboxylic acid groups (broad SMARTS) is 1. The van der Waals surface area contributed by atoms with Gasteiger partial charge in [0, 0.05) is 19.0 Å². The highest BCUT2D eigenvalue weighted by atomic mass is 35.5. The van der Waals surface area contributed by atoms with E-state index in [1.54, 1.807) is 0 Å². The maximum Gasteiger partial charge on any atom is 0.308 e. The van der Waals surface area contributed by atoms with Gasteiger partial charge in [-0.05, 0) is 17.7 Å². The monoisotopic (exact) mass is 347 g/mol. The Morgan fingerprint density at radius 2 is 1.79 bits per heavy atom. The van der Waals surface area contributed by atoms with Crippen molar-refractivity contribution in [1.29, 1.82) is 0 Å². The predicted molar refractivity (Wildman–Crippen MR) is 87.6 cm³/mol. The first-order valence-corrected chi connectivity index (χ1v) is 7.88. The van der Waals surface area contributed by atoms with Crippen molar-refractivity contribution >= 4 is 23.5 Å². The molecule has 6 heteroatoms. The van der Waals surface area contributed by atoms with Crippen molar-refractivity contribution < 1.29 is 19.1 Å². The Balaban J connectivity index is 1.89. The van der Waals surface area contributed by atoms with Gasteiger partial charge in [0.15, 0.2) is 5.82 Å². The van der Waals surface area contributed by atoms with Crippen LogP contribution in [0.3, 0.4) is 0 Å². The number of likely N-dealkylation sites (tertiary alicyclic amines) is 1. The Kier molecular flexibility index (Phi) is 4.53. The molecule has 3 rings (SSSR count). The van der Waals surface area contributed by atoms with Gasteiger partial charge in [0.25, 0.3) is 5.91 Å². The zero-order chi connectivity index (χ0) is 17.3. The van der Waals surface area contributed by atoms with Crippen molar-refractivity contribution in [2.75, 3.05) is 13.1 Å². The van der Waals surface area contributed by atoms with E-state index in [2.05, 4.69) is 0 Å². The van der Waals surface area contributed by atoms with Crippen LogP contribution in [0.25, 0.3) is 0 Å². The third-order valence-corrected chi connectivity index (χ3v) is 4.63. The molecule has 1 aliphatic rings. The van der Waals surface area contributed by atoms with Crippen LogP contribution < -0.4 is 0 Å². The molecule has 1 N–H and O–H groups in total. The summed E-state index contributed by atoms with van der Waals surface area (Å²) in [4.78, 5) is 25.6. The summed E-state index contributed by atoms with van der Waals surface area (Å²) in [5.74, 6) is -3.34. The Morgan fingerprint density at radius 3 is 2.46 bits per heavy atom. The second kappa shape index (κ2) is 6.61. The van der Waals surface area contributed by atoms with Crippen LogP contribution in [0.2, 0.25) is 5.02 Å². The van der Waals surface area contributed by atoms with Gasteiger partial charge in [-0.25, -0.2) is 4.39 Å². The SMILES string of the molecule is O=C(O)[C@@H]1CN(C(=O)c2cccc(Cl)c2F)C[C@H]1c1ccccc1. The molecule has 0 radical (unpaired) electrons. The van der Waals surface area contributed by atoms with Gasteiger partial charge in [-0.2, -0.15) is 0 Å². The van der Waals surface area contributed by atoms with E-state index < -0.39 is 23.6 Å². The highest BCUT2D eigenvalue weighted by Gasteiger charge is 2.41. The predicted octanol–water partition coefficient (Wildman–Crippen LogP) is 3.42. The number of amides is 1. The summed E-state index contributed by atoms with van der Waals surface area (Å²) in [6.45, 7) is 0.269. The molecule has 0 saturated carbocycles. The maximum atomic E-state index is 14.1. The van der Waals surface area contributed by atoms with Crippen molar-refractivity contribution in [2.45, 2.75) is 5.92 Å². The molecule has 0 aliphatic carbocycles. The lowest BCUT2D eigenvalue weighted by atomic mass is 9.89. The molecule has 0 aromatic heterocycles. The van der Waals surface area contributed by atoms with E-state index in [1.807, 2.05) is 30.3 Å². The Morgan fingerprint density at radius 1 is 1.08 bits per heavy atom. The molecule has 1 heterocycles. The number of nitrogens with zero attached hydrogens (tertiary/aromatic N) is 1. The molecule has 2 aromatic rings. The van der Waals surface area contributed by atoms with E-state index in [1.165, 1.54) is 23.1 Å². The highest BCUT2D eigenvalue weighted by Crippen LogP contribution is 2.34. The largest absolute Gasteiger partial charge is 0.481 e. The van der Waals surface area contributed by atoms with Crippen molar-refractivity contribution in [1.82, 2.24) is 4.90 Å². The first kappa shape index (κ1) is 16.5. The van der Waals surface area contributed by atoms with Gasteiger partial charge in [-0.15, -0.1) is 0 Å². The van der Waals surface area contributed by atoms with E-state index in [0.29, 0.717) is 0 Å². The fourth-order valence-electron chi connectivity index (χ4n) is 3.10. The molecular weight excluding hydrogens is 333 g/mol. The van der Waals surface area contributed by atoms with Gasteiger partial charge in [-0.1, -0.05) is 48.0 Å². The van der Waals surface area contributed by atoms with E-state index in [9.17, 15) is 19.1 Å². The molecule has 4 nitrogen and oxygen atoms in total. The summed E-state index contributed by atoms with van der Waals surface area (Å²) >= 11 is 5.73. The van der Waals surface area contributed by atoms with Crippen molar-refractivity contribution in [3.8, 4) is 0 Å². The first-order chi connectivity index (χ1) is 11.5. The third kappa shape index (κ3) is 2.99. The molecule has 0 bridgehead atoms. The van der Waals surface area contributed by atoms with Crippen molar-refractivity contribution in [3.05, 3.63) is 70.5 Å². The van der Waals surface area contributed by atoms with Crippen LogP contribution in [-0.2, 0) is 4.79 Å². The van der Waals surface area contributed by atoms with Crippen molar-refractivity contribution in [2.24, 2.45) is 5.92 Å². The van der Waals surface area contributed by atoms with Gasteiger partial charge >= 0.3 is 5.97 Å². The summed E-state index contributed by atoms with van der Waals surface area (Å²) in [6.07, 6.45) is 0. The molecule has 2 aromatic carbocycles. The van der Waals surface area contributed by atoms with E-state index in [0.717, 1.165) is 5.56 Å². The fourth-order valence-corrected chi connectivity index (χ4v) is 3.27. The zero-order valence-electron chi connectivity index (χ0n) is 12.7. The molecule has 24 heavy (non-hydrogen) atoms. The summed E-state index contributed by atoms with van der Waals surface area (Å²) in [5, 5.41) is 9.35. The number of halogens is 2. The number of hydrogen-bond acceptors (Lipinski definition) is 2. The Hall–Kier alpha value is -2.40. The molecule has 2 atom stereocenters. The number of benzene rings is 2. The van der Waals surface area contributed by atoms with E-state index in [-0.39, 0.29) is 29.6 Å². The topological polar surface area (TPSA) is 57.6 Å². The number of carbonyl (C=O) groups excluding carboxylic acids is 1. The molecule has 0 spiro atoms. The van der Waals surface area contributed by atoms with E-state index >= 15 is 0 Å². The van der Waals surface area contributed by atoms with Crippen LogP contribution in [-0.4, -0.2) is 35.0 Å². The minimum atomic E-state index is -0.967. The standard InChI is InChI=1S/C18H15ClFNO3/c19-15-8-4-7-12(16(15)20)17(22)21-9-13(14(10-21)18(23)24)11-5-2-1-3-6-11/h1-8,13-14H,9-10H2,(H,23,24)/t13-,14+/m0/s1. The van der Waals surface area contributed by atoms with Crippen LogP contribution in [0.4, 0.5) is 4.39 Å². The molecule has 1 aliphatic heterocycles. The minimum Gasteiger partial charge on any atom is -0.481 e. The zero-order valence-corrected chi connectivity index (χ0v) is 13.4. The molecule has 1 saturated heterocycles. The van der Waals surface area contributed by atoms with Crippen molar-refractivity contribution in [3.63, 3.8) is 0 Å². The van der Waals surface area contributed by atoms with Crippen LogP contribution in [0.1, 0.15) is 21.8 Å². The van der Waals surface area contributed by atoms with Gasteiger partial charge < -0.3 is 10.0 Å². The van der Waals surface area contributed by atoms with Crippen LogP contribution in [0.15, 0.2) is 48.5 Å². The number of hydrogen-bond donors (Lipinski definition) is 1. The number of rotatable bonds is 3. The smallest absolute Gasteiger partial charge is 0.308 e. The average molecular weight is 348 g/mol. The number of aliphatic carboxylic acids is 1. The average Bonchev–Trinajstić information content (AvgIpc) is 3.03. The normalized spacial score (nSPS) is 20.2. The molecule has 124 valence electrons. The number of carbonyl (C=O) groups is 2. The first-order valence-electron chi connectivity index (χ1n) is 7.50. The van der Waals surface area contributed by atoms with Gasteiger partial charge in [-0.3, -0.25) is 9.59 Å². The molecule has 1 amide bonds. The van der Waals surface area contributed by atoms with Gasteiger partial charge in [0.05, 0.1) is 16.5 Å². The lowest BCUT2D eigenvalue weighted by Gasteiger charge is -2.17. The van der Waals surface area contributed by atoms with Crippen LogP contribution in [0.5, 0.6) is 0 Å². The lowest BCUT2D eigenvalue weighted by molar-refractivity contribution is -0.141. The molecule has 0 unspecified atom stereocenters. The second-order valence-corrected chi connectivity index (χ2v) is 6.18. The minimum absolute atomic E-state index is 0.0414. The summed E-state index contributed by atoms with van der Waals surface area (Å²) < 4.78 is 14.1. The molecular formula is C18H15ClFNO3. The lowest BCUT2D eigenvalue weighted by Crippen LogP contribution is -2.30. The van der Waals surface area contributed by atoms with Crippen LogP contribution in [0, 0.1) is 11.7 Å². The fraction of sp³-hybridized carbons (Fsp3) is 0.222. The highest BCUT2D eigenvalue weighted by molar-refractivity contribution is 6.31. The Bertz CT molecular complexity index is 781. The maximum absolute atomic E-state index is 14.1. The van der Waals surface area contributed by atoms with E-state index in [4.69, 9.17) is 11.6 Å². The van der Waals surface area contributed by atoms with Gasteiger partial charge in [0.1, 0.15) is 0 Å². The van der Waals surface area contributed by atoms with Gasteiger partial charge in [0.2, 0.25) is 0 Å². The number of carboxylic acids is 1. The summed E-state index contributed by atoms with van der Waals surface area (Å²) in [7, 11) is 0. The Labute approximate surface area is 143 Å². The quantitative estimate of drug-likeness (QED) is 0.925. The van der Waals surface area contributed by atoms with Crippen LogP contribution >= 0.6 is 11.6 Å². The summed E-state index contributed by atoms with van der Waals surface area (Å²) in [6, 6.07) is 13.4. The summed E-state index contributed by atoms with van der Waals surface area (Å²) in [5.41, 5.74) is 0.715. The third-order valence-electron chi connectivity index (χ3n) is 4.33. The second-order valence-electron chi connectivity index (χ2n) is 5.77. The molecule has 1 fully saturated rings.